The van der Waals surface area contributed by atoms with Gasteiger partial charge in [0.1, 0.15) is 11.5 Å². The zero-order valence-electron chi connectivity index (χ0n) is 14.3. The number of benzene rings is 1. The number of sulfonamides is 1. The quantitative estimate of drug-likeness (QED) is 0.707. The van der Waals surface area contributed by atoms with Gasteiger partial charge in [0.15, 0.2) is 0 Å². The molecule has 0 unspecified atom stereocenters. The number of rotatable bonds is 7. The van der Waals surface area contributed by atoms with Gasteiger partial charge in [-0.3, -0.25) is 9.59 Å². The normalized spacial score (nSPS) is 11.8. The highest BCUT2D eigenvalue weighted by molar-refractivity contribution is 7.88. The van der Waals surface area contributed by atoms with E-state index in [0.717, 1.165) is 10.6 Å². The third-order valence-electron chi connectivity index (χ3n) is 3.46. The Bertz CT molecular complexity index is 930. The number of amides is 2. The fourth-order valence-corrected chi connectivity index (χ4v) is 2.33. The van der Waals surface area contributed by atoms with E-state index in [9.17, 15) is 18.0 Å². The van der Waals surface area contributed by atoms with E-state index in [1.54, 1.807) is 24.3 Å². The van der Waals surface area contributed by atoms with Crippen LogP contribution in [0.3, 0.4) is 0 Å². The van der Waals surface area contributed by atoms with Crippen molar-refractivity contribution in [2.45, 2.75) is 6.54 Å². The van der Waals surface area contributed by atoms with Gasteiger partial charge in [-0.05, 0) is 42.5 Å². The minimum Gasteiger partial charge on any atom is -0.460 e. The highest BCUT2D eigenvalue weighted by Crippen LogP contribution is 2.13. The summed E-state index contributed by atoms with van der Waals surface area (Å²) < 4.78 is 29.4. The van der Waals surface area contributed by atoms with E-state index in [-0.39, 0.29) is 12.5 Å². The highest BCUT2D eigenvalue weighted by atomic mass is 32.2. The standard InChI is InChI=1S/C17H19N3O5S/c1-20(26(2,23)24)11-15-8-7-14(25-15)9-10-16(21)19-13-5-3-12(4-6-13)17(18)22/h3-10H,11H2,1-2H3,(H2,18,22)(H,19,21)/b10-9+. The van der Waals surface area contributed by atoms with Gasteiger partial charge in [0.2, 0.25) is 21.8 Å². The van der Waals surface area contributed by atoms with Gasteiger partial charge in [-0.1, -0.05) is 0 Å². The topological polar surface area (TPSA) is 123 Å². The van der Waals surface area contributed by atoms with Gasteiger partial charge >= 0.3 is 0 Å². The number of nitrogens with one attached hydrogen (secondary N) is 1. The lowest BCUT2D eigenvalue weighted by Gasteiger charge is -2.11. The average molecular weight is 377 g/mol. The SMILES string of the molecule is CN(Cc1ccc(/C=C/C(=O)Nc2ccc(C(N)=O)cc2)o1)S(C)(=O)=O. The first-order valence-corrected chi connectivity index (χ1v) is 9.39. The van der Waals surface area contributed by atoms with Gasteiger partial charge in [-0.25, -0.2) is 8.42 Å². The predicted octanol–water partition coefficient (Wildman–Crippen LogP) is 1.42. The molecule has 2 aromatic rings. The van der Waals surface area contributed by atoms with Crippen molar-refractivity contribution in [2.24, 2.45) is 5.73 Å². The Morgan fingerprint density at radius 3 is 2.42 bits per heavy atom. The lowest BCUT2D eigenvalue weighted by atomic mass is 10.2. The Labute approximate surface area is 151 Å². The van der Waals surface area contributed by atoms with Crippen LogP contribution < -0.4 is 11.1 Å². The summed E-state index contributed by atoms with van der Waals surface area (Å²) in [6.45, 7) is 0.102. The minimum absolute atomic E-state index is 0.102. The molecule has 0 fully saturated rings. The lowest BCUT2D eigenvalue weighted by Crippen LogP contribution is -2.24. The molecule has 26 heavy (non-hydrogen) atoms. The van der Waals surface area contributed by atoms with Crippen molar-refractivity contribution in [2.75, 3.05) is 18.6 Å². The molecular weight excluding hydrogens is 358 g/mol. The maximum absolute atomic E-state index is 11.9. The summed E-state index contributed by atoms with van der Waals surface area (Å²) in [7, 11) is -1.85. The van der Waals surface area contributed by atoms with E-state index in [4.69, 9.17) is 10.2 Å². The summed E-state index contributed by atoms with van der Waals surface area (Å²) in [5, 5.41) is 2.63. The van der Waals surface area contributed by atoms with Gasteiger partial charge in [0.05, 0.1) is 12.8 Å². The summed E-state index contributed by atoms with van der Waals surface area (Å²) in [6.07, 6.45) is 3.86. The van der Waals surface area contributed by atoms with Gasteiger partial charge < -0.3 is 15.5 Å². The van der Waals surface area contributed by atoms with Gasteiger partial charge in [0.25, 0.3) is 0 Å². The monoisotopic (exact) mass is 377 g/mol. The number of carbonyl (C=O) groups excluding carboxylic acids is 2. The molecule has 0 aliphatic heterocycles. The third-order valence-corrected chi connectivity index (χ3v) is 4.72. The first kappa shape index (κ1) is 19.4. The second-order valence-electron chi connectivity index (χ2n) is 5.59. The van der Waals surface area contributed by atoms with Crippen molar-refractivity contribution in [1.29, 1.82) is 0 Å². The van der Waals surface area contributed by atoms with Crippen molar-refractivity contribution in [1.82, 2.24) is 4.31 Å². The zero-order chi connectivity index (χ0) is 19.3. The van der Waals surface area contributed by atoms with E-state index in [1.807, 2.05) is 0 Å². The molecule has 3 N–H and O–H groups in total. The Hall–Kier alpha value is -2.91. The fourth-order valence-electron chi connectivity index (χ4n) is 1.97. The molecular formula is C17H19N3O5S. The third kappa shape index (κ3) is 5.57. The van der Waals surface area contributed by atoms with E-state index in [2.05, 4.69) is 5.32 Å². The molecule has 1 aromatic heterocycles. The number of nitrogens with two attached hydrogens (primary N) is 1. The van der Waals surface area contributed by atoms with E-state index >= 15 is 0 Å². The van der Waals surface area contributed by atoms with Crippen LogP contribution in [0.4, 0.5) is 5.69 Å². The molecule has 138 valence electrons. The molecule has 0 atom stereocenters. The fraction of sp³-hybridized carbons (Fsp3) is 0.176. The number of primary amides is 1. The average Bonchev–Trinajstić information content (AvgIpc) is 3.00. The first-order chi connectivity index (χ1) is 12.1. The second-order valence-corrected chi connectivity index (χ2v) is 7.68. The van der Waals surface area contributed by atoms with Crippen LogP contribution >= 0.6 is 0 Å². The minimum atomic E-state index is -3.30. The highest BCUT2D eigenvalue weighted by Gasteiger charge is 2.13. The van der Waals surface area contributed by atoms with E-state index in [0.29, 0.717) is 22.8 Å². The summed E-state index contributed by atoms with van der Waals surface area (Å²) in [6, 6.07) is 9.44. The lowest BCUT2D eigenvalue weighted by molar-refractivity contribution is -0.111. The van der Waals surface area contributed by atoms with Crippen LogP contribution in [0.25, 0.3) is 6.08 Å². The first-order valence-electron chi connectivity index (χ1n) is 7.54. The molecule has 9 heteroatoms. The maximum atomic E-state index is 11.9. The van der Waals surface area contributed by atoms with Crippen LogP contribution in [0, 0.1) is 0 Å². The van der Waals surface area contributed by atoms with Crippen molar-refractivity contribution in [3.05, 3.63) is 59.6 Å². The van der Waals surface area contributed by atoms with Crippen LogP contribution in [0.5, 0.6) is 0 Å². The predicted molar refractivity (Wildman–Crippen MR) is 97.6 cm³/mol. The Kier molecular flexibility index (Phi) is 5.96. The summed E-state index contributed by atoms with van der Waals surface area (Å²) >= 11 is 0. The molecule has 0 radical (unpaired) electrons. The summed E-state index contributed by atoms with van der Waals surface area (Å²) in [5.41, 5.74) is 6.01. The number of hydrogen-bond donors (Lipinski definition) is 2. The maximum Gasteiger partial charge on any atom is 0.248 e. The van der Waals surface area contributed by atoms with Gasteiger partial charge in [-0.15, -0.1) is 0 Å². The van der Waals surface area contributed by atoms with Crippen LogP contribution in [0.15, 0.2) is 46.9 Å². The Morgan fingerprint density at radius 1 is 1.19 bits per heavy atom. The number of furan rings is 1. The molecule has 0 aliphatic rings. The smallest absolute Gasteiger partial charge is 0.248 e. The van der Waals surface area contributed by atoms with Crippen molar-refractivity contribution >= 4 is 33.6 Å². The number of nitrogens with zero attached hydrogens (tertiary/aromatic N) is 1. The molecule has 0 saturated carbocycles. The molecule has 1 aromatic carbocycles. The molecule has 8 nitrogen and oxygen atoms in total. The van der Waals surface area contributed by atoms with Crippen molar-refractivity contribution < 1.29 is 22.4 Å². The van der Waals surface area contributed by atoms with Crippen molar-refractivity contribution in [3.63, 3.8) is 0 Å². The van der Waals surface area contributed by atoms with E-state index < -0.39 is 15.9 Å². The van der Waals surface area contributed by atoms with Crippen LogP contribution in [0.2, 0.25) is 0 Å². The second kappa shape index (κ2) is 7.98. The largest absolute Gasteiger partial charge is 0.460 e. The van der Waals surface area contributed by atoms with Gasteiger partial charge in [-0.2, -0.15) is 4.31 Å². The molecule has 0 saturated heterocycles. The summed E-state index contributed by atoms with van der Waals surface area (Å²) in [4.78, 5) is 22.9. The van der Waals surface area contributed by atoms with Crippen LogP contribution in [-0.4, -0.2) is 37.8 Å². The number of hydrogen-bond acceptors (Lipinski definition) is 5. The molecule has 0 aliphatic carbocycles. The molecule has 0 spiro atoms. The number of carbonyl (C=O) groups is 2. The number of anilines is 1. The Balaban J connectivity index is 1.95. The van der Waals surface area contributed by atoms with E-state index in [1.165, 1.54) is 31.3 Å². The van der Waals surface area contributed by atoms with Crippen molar-refractivity contribution in [3.8, 4) is 0 Å². The van der Waals surface area contributed by atoms with Gasteiger partial charge in [0, 0.05) is 24.4 Å². The summed E-state index contributed by atoms with van der Waals surface area (Å²) in [5.74, 6) is -0.0536. The molecule has 1 heterocycles. The molecule has 2 amide bonds. The zero-order valence-corrected chi connectivity index (χ0v) is 15.1. The van der Waals surface area contributed by atoms with Crippen LogP contribution in [0.1, 0.15) is 21.9 Å². The van der Waals surface area contributed by atoms with Crippen LogP contribution in [-0.2, 0) is 21.4 Å². The Morgan fingerprint density at radius 2 is 1.85 bits per heavy atom. The molecule has 0 bridgehead atoms. The molecule has 2 rings (SSSR count).